The summed E-state index contributed by atoms with van der Waals surface area (Å²) < 4.78 is 26.5. The van der Waals surface area contributed by atoms with Crippen LogP contribution in [0, 0.1) is 11.6 Å². The first-order valence-corrected chi connectivity index (χ1v) is 7.65. The normalized spacial score (nSPS) is 14.5. The summed E-state index contributed by atoms with van der Waals surface area (Å²) in [7, 11) is 0. The number of rotatable bonds is 4. The lowest BCUT2D eigenvalue weighted by molar-refractivity contribution is -0.138. The van der Waals surface area contributed by atoms with Crippen LogP contribution in [0.2, 0.25) is 0 Å². The van der Waals surface area contributed by atoms with E-state index in [4.69, 9.17) is 0 Å². The Labute approximate surface area is 138 Å². The Hall–Kier alpha value is -2.51. The summed E-state index contributed by atoms with van der Waals surface area (Å²) in [5.41, 5.74) is -0.391. The van der Waals surface area contributed by atoms with Crippen LogP contribution in [0.3, 0.4) is 0 Å². The highest BCUT2D eigenvalue weighted by Crippen LogP contribution is 2.09. The van der Waals surface area contributed by atoms with Crippen molar-refractivity contribution in [1.29, 1.82) is 0 Å². The first-order chi connectivity index (χ1) is 11.4. The first-order valence-electron chi connectivity index (χ1n) is 7.65. The maximum atomic E-state index is 13.5. The molecule has 1 aliphatic heterocycles. The number of hydrogen-bond donors (Lipinski definition) is 1. The number of nitrogens with zero attached hydrogens (tertiary/aromatic N) is 2. The molecular weight excluding hydrogens is 320 g/mol. The predicted molar refractivity (Wildman–Crippen MR) is 82.1 cm³/mol. The summed E-state index contributed by atoms with van der Waals surface area (Å²) in [6.07, 6.45) is 0.0583. The van der Waals surface area contributed by atoms with E-state index in [0.29, 0.717) is 26.2 Å². The summed E-state index contributed by atoms with van der Waals surface area (Å²) in [6, 6.07) is 2.62. The van der Waals surface area contributed by atoms with E-state index in [9.17, 15) is 23.2 Å². The van der Waals surface area contributed by atoms with Gasteiger partial charge in [-0.15, -0.1) is 0 Å². The van der Waals surface area contributed by atoms with Gasteiger partial charge in [0.1, 0.15) is 11.6 Å². The van der Waals surface area contributed by atoms with Crippen LogP contribution < -0.4 is 5.32 Å². The largest absolute Gasteiger partial charge is 0.351 e. The van der Waals surface area contributed by atoms with Crippen molar-refractivity contribution in [1.82, 2.24) is 15.1 Å². The molecule has 1 aromatic rings. The third-order valence-corrected chi connectivity index (χ3v) is 3.88. The van der Waals surface area contributed by atoms with E-state index < -0.39 is 23.1 Å². The van der Waals surface area contributed by atoms with Crippen LogP contribution in [0.15, 0.2) is 18.2 Å². The molecule has 0 atom stereocenters. The molecule has 1 heterocycles. The Morgan fingerprint density at radius 1 is 1.08 bits per heavy atom. The Kier molecular flexibility index (Phi) is 5.83. The summed E-state index contributed by atoms with van der Waals surface area (Å²) in [6.45, 7) is 3.39. The molecule has 1 aliphatic rings. The van der Waals surface area contributed by atoms with Gasteiger partial charge >= 0.3 is 0 Å². The molecule has 2 rings (SSSR count). The quantitative estimate of drug-likeness (QED) is 0.881. The number of benzene rings is 1. The summed E-state index contributed by atoms with van der Waals surface area (Å²) in [5.74, 6) is -2.47. The van der Waals surface area contributed by atoms with Crippen LogP contribution in [-0.2, 0) is 9.59 Å². The van der Waals surface area contributed by atoms with Crippen molar-refractivity contribution >= 4 is 17.7 Å². The van der Waals surface area contributed by atoms with Crippen LogP contribution in [0.1, 0.15) is 23.7 Å². The molecule has 8 heteroatoms. The van der Waals surface area contributed by atoms with Gasteiger partial charge in [-0.25, -0.2) is 8.78 Å². The molecule has 0 unspecified atom stereocenters. The highest BCUT2D eigenvalue weighted by atomic mass is 19.1. The molecule has 3 amide bonds. The van der Waals surface area contributed by atoms with Crippen molar-refractivity contribution in [3.63, 3.8) is 0 Å². The first kappa shape index (κ1) is 17.8. The average Bonchev–Trinajstić information content (AvgIpc) is 2.56. The predicted octanol–water partition coefficient (Wildman–Crippen LogP) is 0.775. The molecular formula is C16H19F2N3O3. The topological polar surface area (TPSA) is 69.7 Å². The van der Waals surface area contributed by atoms with Gasteiger partial charge < -0.3 is 15.1 Å². The van der Waals surface area contributed by atoms with Gasteiger partial charge in [0.25, 0.3) is 5.91 Å². The minimum atomic E-state index is -0.819. The summed E-state index contributed by atoms with van der Waals surface area (Å²) in [5, 5.41) is 2.41. The molecule has 0 aromatic heterocycles. The van der Waals surface area contributed by atoms with Gasteiger partial charge in [0, 0.05) is 46.1 Å². The number of amides is 3. The molecule has 1 fully saturated rings. The zero-order valence-corrected chi connectivity index (χ0v) is 13.3. The molecule has 0 spiro atoms. The van der Waals surface area contributed by atoms with E-state index in [1.54, 1.807) is 9.80 Å². The van der Waals surface area contributed by atoms with Gasteiger partial charge in [-0.2, -0.15) is 0 Å². The molecule has 0 bridgehead atoms. The second-order valence-corrected chi connectivity index (χ2v) is 5.52. The molecule has 6 nitrogen and oxygen atoms in total. The van der Waals surface area contributed by atoms with Gasteiger partial charge in [-0.1, -0.05) is 0 Å². The SMILES string of the molecule is CC(=O)N1CCN(C(=O)CCNC(=O)c2cc(F)ccc2F)CC1. The number of nitrogens with one attached hydrogen (secondary N) is 1. The summed E-state index contributed by atoms with van der Waals surface area (Å²) in [4.78, 5) is 38.4. The number of carbonyl (C=O) groups excluding carboxylic acids is 3. The van der Waals surface area contributed by atoms with E-state index in [2.05, 4.69) is 5.32 Å². The fraction of sp³-hybridized carbons (Fsp3) is 0.438. The van der Waals surface area contributed by atoms with Crippen molar-refractivity contribution in [2.75, 3.05) is 32.7 Å². The third kappa shape index (κ3) is 4.50. The lowest BCUT2D eigenvalue weighted by atomic mass is 10.2. The van der Waals surface area contributed by atoms with Gasteiger partial charge in [-0.3, -0.25) is 14.4 Å². The van der Waals surface area contributed by atoms with Crippen molar-refractivity contribution in [3.05, 3.63) is 35.4 Å². The molecule has 24 heavy (non-hydrogen) atoms. The van der Waals surface area contributed by atoms with E-state index in [0.717, 1.165) is 18.2 Å². The second-order valence-electron chi connectivity index (χ2n) is 5.52. The van der Waals surface area contributed by atoms with Gasteiger partial charge in [0.05, 0.1) is 5.56 Å². The molecule has 1 saturated heterocycles. The Balaban J connectivity index is 1.78. The fourth-order valence-electron chi connectivity index (χ4n) is 2.48. The van der Waals surface area contributed by atoms with E-state index in [1.165, 1.54) is 6.92 Å². The molecule has 0 aliphatic carbocycles. The maximum Gasteiger partial charge on any atom is 0.254 e. The van der Waals surface area contributed by atoms with Crippen molar-refractivity contribution in [2.45, 2.75) is 13.3 Å². The van der Waals surface area contributed by atoms with Crippen molar-refractivity contribution < 1.29 is 23.2 Å². The van der Waals surface area contributed by atoms with Crippen LogP contribution in [0.25, 0.3) is 0 Å². The third-order valence-electron chi connectivity index (χ3n) is 3.88. The van der Waals surface area contributed by atoms with Crippen LogP contribution in [0.5, 0.6) is 0 Å². The van der Waals surface area contributed by atoms with Gasteiger partial charge in [0.2, 0.25) is 11.8 Å². The van der Waals surface area contributed by atoms with Crippen LogP contribution in [0.4, 0.5) is 8.78 Å². The number of piperazine rings is 1. The lowest BCUT2D eigenvalue weighted by Crippen LogP contribution is -2.50. The maximum absolute atomic E-state index is 13.5. The standard InChI is InChI=1S/C16H19F2N3O3/c1-11(22)20-6-8-21(9-7-20)15(23)4-5-19-16(24)13-10-12(17)2-3-14(13)18/h2-3,10H,4-9H2,1H3,(H,19,24). The Morgan fingerprint density at radius 2 is 1.71 bits per heavy atom. The second kappa shape index (κ2) is 7.85. The van der Waals surface area contributed by atoms with Crippen molar-refractivity contribution in [3.8, 4) is 0 Å². The van der Waals surface area contributed by atoms with E-state index in [-0.39, 0.29) is 24.8 Å². The van der Waals surface area contributed by atoms with Gasteiger partial charge in [0.15, 0.2) is 0 Å². The zero-order chi connectivity index (χ0) is 17.7. The minimum Gasteiger partial charge on any atom is -0.351 e. The van der Waals surface area contributed by atoms with E-state index in [1.807, 2.05) is 0 Å². The molecule has 0 saturated carbocycles. The van der Waals surface area contributed by atoms with Crippen LogP contribution >= 0.6 is 0 Å². The highest BCUT2D eigenvalue weighted by molar-refractivity contribution is 5.94. The molecule has 1 aromatic carbocycles. The number of halogens is 2. The molecule has 130 valence electrons. The van der Waals surface area contributed by atoms with Crippen LogP contribution in [-0.4, -0.2) is 60.2 Å². The monoisotopic (exact) mass is 339 g/mol. The molecule has 0 radical (unpaired) electrons. The smallest absolute Gasteiger partial charge is 0.254 e. The summed E-state index contributed by atoms with van der Waals surface area (Å²) >= 11 is 0. The van der Waals surface area contributed by atoms with E-state index >= 15 is 0 Å². The Morgan fingerprint density at radius 3 is 2.33 bits per heavy atom. The zero-order valence-electron chi connectivity index (χ0n) is 13.3. The average molecular weight is 339 g/mol. The van der Waals surface area contributed by atoms with Crippen molar-refractivity contribution in [2.24, 2.45) is 0 Å². The Bertz CT molecular complexity index is 643. The fourth-order valence-corrected chi connectivity index (χ4v) is 2.48. The minimum absolute atomic E-state index is 0.0218. The number of carbonyl (C=O) groups is 3. The number of hydrogen-bond acceptors (Lipinski definition) is 3. The lowest BCUT2D eigenvalue weighted by Gasteiger charge is -2.34. The highest BCUT2D eigenvalue weighted by Gasteiger charge is 2.22. The van der Waals surface area contributed by atoms with Gasteiger partial charge in [-0.05, 0) is 18.2 Å². The molecule has 1 N–H and O–H groups in total.